The lowest BCUT2D eigenvalue weighted by Gasteiger charge is -2.29. The van der Waals surface area contributed by atoms with Crippen LogP contribution in [0.2, 0.25) is 0 Å². The van der Waals surface area contributed by atoms with Gasteiger partial charge in [-0.3, -0.25) is 0 Å². The van der Waals surface area contributed by atoms with Gasteiger partial charge in [0, 0.05) is 30.9 Å². The molecule has 10 nitrogen and oxygen atoms in total. The molecule has 1 aromatic carbocycles. The maximum Gasteiger partial charge on any atom is 0.338 e. The number of ether oxygens (including phenoxy) is 1. The van der Waals surface area contributed by atoms with E-state index in [1.54, 1.807) is 4.68 Å². The topological polar surface area (TPSA) is 133 Å². The SMILES string of the molecule is Cc1cccc(-c2ccn(-c3cc(N4CCOCC4)c4[nH]c(C(O)(O)O)nc4n3)n2)c1. The zero-order valence-electron chi connectivity index (χ0n) is 16.9. The summed E-state index contributed by atoms with van der Waals surface area (Å²) in [5.74, 6) is -2.97. The van der Waals surface area contributed by atoms with Gasteiger partial charge in [0.25, 0.3) is 0 Å². The fourth-order valence-corrected chi connectivity index (χ4v) is 3.70. The van der Waals surface area contributed by atoms with Crippen molar-refractivity contribution in [2.75, 3.05) is 31.2 Å². The fourth-order valence-electron chi connectivity index (χ4n) is 3.70. The molecule has 5 rings (SSSR count). The molecular weight excluding hydrogens is 400 g/mol. The van der Waals surface area contributed by atoms with E-state index in [9.17, 15) is 15.3 Å². The molecule has 3 aromatic heterocycles. The van der Waals surface area contributed by atoms with Crippen molar-refractivity contribution in [2.24, 2.45) is 0 Å². The third kappa shape index (κ3) is 3.77. The van der Waals surface area contributed by atoms with E-state index in [-0.39, 0.29) is 5.65 Å². The van der Waals surface area contributed by atoms with Crippen molar-refractivity contribution >= 4 is 16.9 Å². The highest BCUT2D eigenvalue weighted by Crippen LogP contribution is 2.29. The van der Waals surface area contributed by atoms with E-state index in [0.29, 0.717) is 37.6 Å². The summed E-state index contributed by atoms with van der Waals surface area (Å²) in [5, 5.41) is 33.4. The van der Waals surface area contributed by atoms with Crippen LogP contribution in [0.3, 0.4) is 0 Å². The lowest BCUT2D eigenvalue weighted by atomic mass is 10.1. The zero-order chi connectivity index (χ0) is 21.6. The first-order valence-corrected chi connectivity index (χ1v) is 9.92. The summed E-state index contributed by atoms with van der Waals surface area (Å²) < 4.78 is 7.10. The van der Waals surface area contributed by atoms with Crippen LogP contribution in [0.1, 0.15) is 11.4 Å². The minimum atomic E-state index is -3.09. The summed E-state index contributed by atoms with van der Waals surface area (Å²) >= 11 is 0. The van der Waals surface area contributed by atoms with Crippen LogP contribution in [0, 0.1) is 6.92 Å². The number of anilines is 1. The maximum atomic E-state index is 9.57. The number of morpholine rings is 1. The Hall–Kier alpha value is -3.31. The van der Waals surface area contributed by atoms with E-state index in [1.807, 2.05) is 43.5 Å². The number of aromatic nitrogens is 5. The molecule has 0 radical (unpaired) electrons. The van der Waals surface area contributed by atoms with Crippen molar-refractivity contribution in [3.05, 3.63) is 54.0 Å². The van der Waals surface area contributed by atoms with Gasteiger partial charge >= 0.3 is 5.97 Å². The number of benzene rings is 1. The molecule has 160 valence electrons. The summed E-state index contributed by atoms with van der Waals surface area (Å²) in [5.41, 5.74) is 4.45. The van der Waals surface area contributed by atoms with Crippen molar-refractivity contribution in [2.45, 2.75) is 12.9 Å². The highest BCUT2D eigenvalue weighted by Gasteiger charge is 2.29. The Morgan fingerprint density at radius 2 is 1.87 bits per heavy atom. The minimum absolute atomic E-state index is 0.239. The number of pyridine rings is 1. The predicted molar refractivity (Wildman–Crippen MR) is 113 cm³/mol. The van der Waals surface area contributed by atoms with E-state index in [0.717, 1.165) is 22.5 Å². The monoisotopic (exact) mass is 422 g/mol. The van der Waals surface area contributed by atoms with E-state index in [1.165, 1.54) is 0 Å². The maximum absolute atomic E-state index is 9.57. The van der Waals surface area contributed by atoms with Crippen molar-refractivity contribution in [1.82, 2.24) is 24.7 Å². The lowest BCUT2D eigenvalue weighted by molar-refractivity contribution is -0.328. The second-order valence-corrected chi connectivity index (χ2v) is 7.53. The van der Waals surface area contributed by atoms with Gasteiger partial charge in [-0.15, -0.1) is 0 Å². The molecular formula is C21H22N6O4. The Kier molecular flexibility index (Phi) is 4.71. The number of rotatable bonds is 4. The summed E-state index contributed by atoms with van der Waals surface area (Å²) in [7, 11) is 0. The molecule has 1 saturated heterocycles. The molecule has 0 aliphatic carbocycles. The Balaban J connectivity index is 1.62. The van der Waals surface area contributed by atoms with Crippen LogP contribution < -0.4 is 4.90 Å². The summed E-state index contributed by atoms with van der Waals surface area (Å²) in [6, 6.07) is 11.8. The number of imidazole rings is 1. The van der Waals surface area contributed by atoms with Crippen molar-refractivity contribution in [3.8, 4) is 17.1 Å². The molecule has 1 aliphatic heterocycles. The predicted octanol–water partition coefficient (Wildman–Crippen LogP) is 1.04. The lowest BCUT2D eigenvalue weighted by Crippen LogP contribution is -2.36. The van der Waals surface area contributed by atoms with Crippen molar-refractivity contribution in [1.29, 1.82) is 0 Å². The number of aromatic amines is 1. The molecule has 1 fully saturated rings. The largest absolute Gasteiger partial charge is 0.378 e. The van der Waals surface area contributed by atoms with E-state index < -0.39 is 11.8 Å². The average Bonchev–Trinajstić information content (AvgIpc) is 3.41. The zero-order valence-corrected chi connectivity index (χ0v) is 16.9. The molecule has 0 atom stereocenters. The third-order valence-electron chi connectivity index (χ3n) is 5.23. The molecule has 10 heteroatoms. The average molecular weight is 422 g/mol. The highest BCUT2D eigenvalue weighted by molar-refractivity contribution is 5.87. The molecule has 0 bridgehead atoms. The van der Waals surface area contributed by atoms with E-state index in [4.69, 9.17) is 4.74 Å². The number of hydrogen-bond donors (Lipinski definition) is 4. The summed E-state index contributed by atoms with van der Waals surface area (Å²) in [4.78, 5) is 13.5. The Labute approximate surface area is 177 Å². The van der Waals surface area contributed by atoms with Crippen LogP contribution in [0.25, 0.3) is 28.2 Å². The van der Waals surface area contributed by atoms with Gasteiger partial charge in [0.05, 0.1) is 24.6 Å². The normalized spacial score (nSPS) is 15.0. The van der Waals surface area contributed by atoms with Crippen LogP contribution in [-0.2, 0) is 10.7 Å². The summed E-state index contributed by atoms with van der Waals surface area (Å²) in [6.07, 6.45) is 1.82. The van der Waals surface area contributed by atoms with Crippen molar-refractivity contribution < 1.29 is 20.1 Å². The second-order valence-electron chi connectivity index (χ2n) is 7.53. The standard InChI is InChI=1S/C21H22N6O4/c1-13-3-2-4-14(11-13)15-5-6-27(25-15)17-12-16(26-7-9-31-10-8-26)18-19(22-17)24-20(23-18)21(28,29)30/h2-6,11-12,28-30H,7-10H2,1H3,(H,22,23,24). The number of nitrogens with one attached hydrogen (secondary N) is 1. The second kappa shape index (κ2) is 7.43. The van der Waals surface area contributed by atoms with Gasteiger partial charge in [-0.25, -0.2) is 14.6 Å². The number of hydrogen-bond acceptors (Lipinski definition) is 8. The number of H-pyrrole nitrogens is 1. The van der Waals surface area contributed by atoms with E-state index in [2.05, 4.69) is 31.0 Å². The van der Waals surface area contributed by atoms with Gasteiger partial charge < -0.3 is 29.9 Å². The molecule has 1 aliphatic rings. The van der Waals surface area contributed by atoms with Gasteiger partial charge in [-0.1, -0.05) is 23.8 Å². The van der Waals surface area contributed by atoms with Crippen LogP contribution >= 0.6 is 0 Å². The number of fused-ring (bicyclic) bond motifs is 1. The fraction of sp³-hybridized carbons (Fsp3) is 0.286. The van der Waals surface area contributed by atoms with Crippen LogP contribution in [-0.4, -0.2) is 66.4 Å². The third-order valence-corrected chi connectivity index (χ3v) is 5.23. The van der Waals surface area contributed by atoms with Crippen molar-refractivity contribution in [3.63, 3.8) is 0 Å². The number of aryl methyl sites for hydroxylation is 1. The van der Waals surface area contributed by atoms with Gasteiger partial charge in [-0.2, -0.15) is 5.10 Å². The quantitative estimate of drug-likeness (QED) is 0.359. The molecule has 4 N–H and O–H groups in total. The summed E-state index contributed by atoms with van der Waals surface area (Å²) in [6.45, 7) is 4.49. The molecule has 0 unspecified atom stereocenters. The van der Waals surface area contributed by atoms with Gasteiger partial charge in [0.1, 0.15) is 5.52 Å². The van der Waals surface area contributed by atoms with Crippen LogP contribution in [0.4, 0.5) is 5.69 Å². The first kappa shape index (κ1) is 19.6. The van der Waals surface area contributed by atoms with Gasteiger partial charge in [-0.05, 0) is 19.1 Å². The number of nitrogens with zero attached hydrogens (tertiary/aromatic N) is 5. The van der Waals surface area contributed by atoms with E-state index >= 15 is 0 Å². The molecule has 4 aromatic rings. The molecule has 0 saturated carbocycles. The Morgan fingerprint density at radius 3 is 2.61 bits per heavy atom. The van der Waals surface area contributed by atoms with Crippen LogP contribution in [0.5, 0.6) is 0 Å². The Bertz CT molecular complexity index is 1240. The highest BCUT2D eigenvalue weighted by atomic mass is 16.7. The number of aliphatic hydroxyl groups is 3. The molecule has 31 heavy (non-hydrogen) atoms. The first-order chi connectivity index (χ1) is 14.9. The Morgan fingerprint density at radius 1 is 1.06 bits per heavy atom. The first-order valence-electron chi connectivity index (χ1n) is 9.92. The minimum Gasteiger partial charge on any atom is -0.378 e. The van der Waals surface area contributed by atoms with Gasteiger partial charge in [0.2, 0.25) is 0 Å². The molecule has 0 spiro atoms. The van der Waals surface area contributed by atoms with Gasteiger partial charge in [0.15, 0.2) is 17.3 Å². The molecule has 4 heterocycles. The smallest absolute Gasteiger partial charge is 0.338 e. The molecule has 0 amide bonds. The van der Waals surface area contributed by atoms with Crippen LogP contribution in [0.15, 0.2) is 42.6 Å².